The van der Waals surface area contributed by atoms with Gasteiger partial charge >= 0.3 is 11.9 Å². The van der Waals surface area contributed by atoms with Crippen LogP contribution in [0.4, 0.5) is 0 Å². The van der Waals surface area contributed by atoms with Crippen molar-refractivity contribution in [2.75, 3.05) is 27.3 Å². The molecule has 0 amide bonds. The van der Waals surface area contributed by atoms with Crippen molar-refractivity contribution >= 4 is 11.9 Å². The summed E-state index contributed by atoms with van der Waals surface area (Å²) in [5.41, 5.74) is 3.28. The third-order valence-corrected chi connectivity index (χ3v) is 5.81. The average Bonchev–Trinajstić information content (AvgIpc) is 2.80. The van der Waals surface area contributed by atoms with Crippen molar-refractivity contribution in [3.8, 4) is 5.75 Å². The first-order valence-corrected chi connectivity index (χ1v) is 10.7. The van der Waals surface area contributed by atoms with Crippen molar-refractivity contribution in [2.45, 2.75) is 44.6 Å². The van der Waals surface area contributed by atoms with E-state index in [2.05, 4.69) is 9.88 Å². The van der Waals surface area contributed by atoms with Crippen LogP contribution in [0.15, 0.2) is 36.4 Å². The fraction of sp³-hybridized carbons (Fsp3) is 0.458. The molecule has 1 aliphatic rings. The molecule has 0 saturated carbocycles. The van der Waals surface area contributed by atoms with E-state index in [0.29, 0.717) is 30.7 Å². The van der Waals surface area contributed by atoms with Gasteiger partial charge in [0.1, 0.15) is 11.4 Å². The van der Waals surface area contributed by atoms with E-state index in [9.17, 15) is 14.7 Å². The average molecular weight is 427 g/mol. The second-order valence-corrected chi connectivity index (χ2v) is 7.73. The Kier molecular flexibility index (Phi) is 8.00. The Balaban J connectivity index is 1.80. The number of benzene rings is 1. The molecule has 0 spiro atoms. The maximum absolute atomic E-state index is 11.9. The van der Waals surface area contributed by atoms with E-state index in [-0.39, 0.29) is 12.0 Å². The lowest BCUT2D eigenvalue weighted by molar-refractivity contribution is -0.140. The molecule has 0 saturated heterocycles. The highest BCUT2D eigenvalue weighted by atomic mass is 16.5. The summed E-state index contributed by atoms with van der Waals surface area (Å²) in [7, 11) is 2.76. The Morgan fingerprint density at radius 1 is 1.13 bits per heavy atom. The van der Waals surface area contributed by atoms with Crippen molar-refractivity contribution in [3.05, 3.63) is 58.9 Å². The number of rotatable bonds is 9. The molecular formula is C24H30N2O5. The molecule has 1 aliphatic carbocycles. The second-order valence-electron chi connectivity index (χ2n) is 7.73. The van der Waals surface area contributed by atoms with Crippen LogP contribution in [-0.2, 0) is 27.1 Å². The number of carbonyl (C=O) groups excluding carboxylic acids is 2. The lowest BCUT2D eigenvalue weighted by atomic mass is 9.89. The summed E-state index contributed by atoms with van der Waals surface area (Å²) in [4.78, 5) is 30.4. The summed E-state index contributed by atoms with van der Waals surface area (Å²) in [5.74, 6) is -0.348. The summed E-state index contributed by atoms with van der Waals surface area (Å²) in [5, 5.41) is 10.1. The topological polar surface area (TPSA) is 89.0 Å². The summed E-state index contributed by atoms with van der Waals surface area (Å²) in [6.45, 7) is 1.47. The van der Waals surface area contributed by atoms with Gasteiger partial charge < -0.3 is 14.6 Å². The molecule has 0 aliphatic heterocycles. The SMILES string of the molecule is COC(=O)CCCN(CCc1ccccc1O)C1CCCc2nc(C(=O)OC)ccc21. The number of methoxy groups -OCH3 is 2. The molecule has 0 bridgehead atoms. The van der Waals surface area contributed by atoms with Crippen LogP contribution in [0.5, 0.6) is 5.75 Å². The van der Waals surface area contributed by atoms with Gasteiger partial charge in [-0.05, 0) is 61.9 Å². The predicted octanol–water partition coefficient (Wildman–Crippen LogP) is 3.45. The van der Waals surface area contributed by atoms with Gasteiger partial charge in [0.25, 0.3) is 0 Å². The quantitative estimate of drug-likeness (QED) is 0.614. The van der Waals surface area contributed by atoms with Crippen LogP contribution in [0.2, 0.25) is 0 Å². The molecule has 7 heteroatoms. The fourth-order valence-electron chi connectivity index (χ4n) is 4.17. The number of para-hydroxylation sites is 1. The zero-order chi connectivity index (χ0) is 22.2. The summed E-state index contributed by atoms with van der Waals surface area (Å²) < 4.78 is 9.59. The standard InChI is InChI=1S/C24H30N2O5/c1-30-23(28)11-6-15-26(16-14-17-7-3-4-10-22(17)27)21-9-5-8-19-18(21)12-13-20(25-19)24(29)31-2/h3-4,7,10,12-13,21,27H,5-6,8-9,11,14-16H2,1-2H3. The van der Waals surface area contributed by atoms with Crippen LogP contribution in [0.1, 0.15) is 59.0 Å². The number of fused-ring (bicyclic) bond motifs is 1. The van der Waals surface area contributed by atoms with E-state index in [1.165, 1.54) is 14.2 Å². The Hall–Kier alpha value is -2.93. The molecule has 1 unspecified atom stereocenters. The minimum atomic E-state index is -0.431. The predicted molar refractivity (Wildman–Crippen MR) is 116 cm³/mol. The number of carbonyl (C=O) groups is 2. The maximum atomic E-state index is 11.9. The van der Waals surface area contributed by atoms with Crippen LogP contribution in [0.3, 0.4) is 0 Å². The molecule has 2 aromatic rings. The number of nitrogens with zero attached hydrogens (tertiary/aromatic N) is 2. The van der Waals surface area contributed by atoms with Crippen LogP contribution in [-0.4, -0.2) is 54.2 Å². The molecule has 166 valence electrons. The molecular weight excluding hydrogens is 396 g/mol. The number of phenolic OH excluding ortho intramolecular Hbond substituents is 1. The van der Waals surface area contributed by atoms with E-state index in [1.54, 1.807) is 12.1 Å². The number of ether oxygens (including phenoxy) is 2. The number of aromatic nitrogens is 1. The highest BCUT2D eigenvalue weighted by molar-refractivity contribution is 5.87. The second kappa shape index (κ2) is 10.9. The van der Waals surface area contributed by atoms with Gasteiger partial charge in [0.2, 0.25) is 0 Å². The molecule has 0 fully saturated rings. The van der Waals surface area contributed by atoms with E-state index < -0.39 is 5.97 Å². The first-order valence-electron chi connectivity index (χ1n) is 10.7. The number of aryl methyl sites for hydroxylation is 1. The molecule has 1 N–H and O–H groups in total. The zero-order valence-corrected chi connectivity index (χ0v) is 18.2. The van der Waals surface area contributed by atoms with Gasteiger partial charge in [-0.3, -0.25) is 9.69 Å². The molecule has 1 atom stereocenters. The largest absolute Gasteiger partial charge is 0.508 e. The number of hydrogen-bond acceptors (Lipinski definition) is 7. The Bertz CT molecular complexity index is 915. The summed E-state index contributed by atoms with van der Waals surface area (Å²) in [6, 6.07) is 11.2. The molecule has 1 aromatic carbocycles. The van der Waals surface area contributed by atoms with E-state index >= 15 is 0 Å². The molecule has 7 nitrogen and oxygen atoms in total. The zero-order valence-electron chi connectivity index (χ0n) is 18.2. The van der Waals surface area contributed by atoms with Gasteiger partial charge in [0, 0.05) is 24.7 Å². The van der Waals surface area contributed by atoms with Crippen molar-refractivity contribution in [1.82, 2.24) is 9.88 Å². The van der Waals surface area contributed by atoms with Crippen LogP contribution in [0.25, 0.3) is 0 Å². The summed E-state index contributed by atoms with van der Waals surface area (Å²) >= 11 is 0. The van der Waals surface area contributed by atoms with Gasteiger partial charge in [0.05, 0.1) is 14.2 Å². The van der Waals surface area contributed by atoms with Crippen molar-refractivity contribution in [2.24, 2.45) is 0 Å². The van der Waals surface area contributed by atoms with E-state index in [1.807, 2.05) is 24.3 Å². The van der Waals surface area contributed by atoms with Crippen molar-refractivity contribution in [3.63, 3.8) is 0 Å². The van der Waals surface area contributed by atoms with E-state index in [0.717, 1.165) is 49.2 Å². The fourth-order valence-corrected chi connectivity index (χ4v) is 4.17. The van der Waals surface area contributed by atoms with Gasteiger partial charge in [-0.25, -0.2) is 9.78 Å². The number of phenols is 1. The molecule has 31 heavy (non-hydrogen) atoms. The third-order valence-electron chi connectivity index (χ3n) is 5.81. The minimum Gasteiger partial charge on any atom is -0.508 e. The molecule has 0 radical (unpaired) electrons. The molecule has 1 heterocycles. The van der Waals surface area contributed by atoms with Gasteiger partial charge in [-0.1, -0.05) is 24.3 Å². The first-order chi connectivity index (χ1) is 15.0. The normalized spacial score (nSPS) is 15.4. The number of hydrogen-bond donors (Lipinski definition) is 1. The highest BCUT2D eigenvalue weighted by Gasteiger charge is 2.28. The molecule has 3 rings (SSSR count). The summed E-state index contributed by atoms with van der Waals surface area (Å²) in [6.07, 6.45) is 4.52. The Labute approximate surface area is 183 Å². The molecule has 1 aromatic heterocycles. The Morgan fingerprint density at radius 2 is 1.94 bits per heavy atom. The van der Waals surface area contributed by atoms with Crippen molar-refractivity contribution in [1.29, 1.82) is 0 Å². The first kappa shape index (κ1) is 22.7. The van der Waals surface area contributed by atoms with Gasteiger partial charge in [0.15, 0.2) is 0 Å². The Morgan fingerprint density at radius 3 is 2.68 bits per heavy atom. The monoisotopic (exact) mass is 426 g/mol. The lowest BCUT2D eigenvalue weighted by Crippen LogP contribution is -2.34. The maximum Gasteiger partial charge on any atom is 0.356 e. The number of pyridine rings is 1. The third kappa shape index (κ3) is 5.82. The smallest absolute Gasteiger partial charge is 0.356 e. The number of aromatic hydroxyl groups is 1. The van der Waals surface area contributed by atoms with Crippen LogP contribution in [0, 0.1) is 0 Å². The highest BCUT2D eigenvalue weighted by Crippen LogP contribution is 2.34. The van der Waals surface area contributed by atoms with Gasteiger partial charge in [-0.15, -0.1) is 0 Å². The van der Waals surface area contributed by atoms with Gasteiger partial charge in [-0.2, -0.15) is 0 Å². The van der Waals surface area contributed by atoms with E-state index in [4.69, 9.17) is 9.47 Å². The minimum absolute atomic E-state index is 0.145. The van der Waals surface area contributed by atoms with Crippen molar-refractivity contribution < 1.29 is 24.2 Å². The number of esters is 2. The lowest BCUT2D eigenvalue weighted by Gasteiger charge is -2.35. The van der Waals surface area contributed by atoms with Crippen LogP contribution >= 0.6 is 0 Å². The van der Waals surface area contributed by atoms with Crippen LogP contribution < -0.4 is 0 Å².